The Bertz CT molecular complexity index is 542. The SMILES string of the molecule is O=S1(=O)CCC(O)(Cc2cccc(Cl)c2Cl)C1. The Hall–Kier alpha value is -0.290. The van der Waals surface area contributed by atoms with Crippen LogP contribution < -0.4 is 0 Å². The first-order chi connectivity index (χ1) is 7.81. The van der Waals surface area contributed by atoms with Gasteiger partial charge in [0.05, 0.1) is 27.2 Å². The lowest BCUT2D eigenvalue weighted by Crippen LogP contribution is -2.32. The van der Waals surface area contributed by atoms with Crippen molar-refractivity contribution >= 4 is 33.0 Å². The molecule has 1 fully saturated rings. The third-order valence-corrected chi connectivity index (χ3v) is 5.58. The van der Waals surface area contributed by atoms with Gasteiger partial charge in [0.25, 0.3) is 0 Å². The van der Waals surface area contributed by atoms with E-state index in [-0.39, 0.29) is 24.3 Å². The zero-order valence-corrected chi connectivity index (χ0v) is 11.3. The molecule has 1 aromatic carbocycles. The fraction of sp³-hybridized carbons (Fsp3) is 0.455. The van der Waals surface area contributed by atoms with Gasteiger partial charge < -0.3 is 5.11 Å². The van der Waals surface area contributed by atoms with E-state index < -0.39 is 15.4 Å². The number of benzene rings is 1. The molecule has 1 aliphatic heterocycles. The zero-order chi connectivity index (χ0) is 12.7. The van der Waals surface area contributed by atoms with Crippen LogP contribution in [0.4, 0.5) is 0 Å². The van der Waals surface area contributed by atoms with Gasteiger partial charge in [-0.3, -0.25) is 0 Å². The minimum absolute atomic E-state index is 0.0294. The maximum absolute atomic E-state index is 11.4. The lowest BCUT2D eigenvalue weighted by molar-refractivity contribution is 0.0682. The van der Waals surface area contributed by atoms with Gasteiger partial charge in [-0.1, -0.05) is 35.3 Å². The summed E-state index contributed by atoms with van der Waals surface area (Å²) in [7, 11) is -3.12. The summed E-state index contributed by atoms with van der Waals surface area (Å²) in [4.78, 5) is 0. The summed E-state index contributed by atoms with van der Waals surface area (Å²) in [5, 5.41) is 11.0. The molecular weight excluding hydrogens is 283 g/mol. The highest BCUT2D eigenvalue weighted by Gasteiger charge is 2.40. The van der Waals surface area contributed by atoms with E-state index in [0.717, 1.165) is 0 Å². The van der Waals surface area contributed by atoms with Gasteiger partial charge in [-0.15, -0.1) is 0 Å². The molecule has 2 rings (SSSR count). The van der Waals surface area contributed by atoms with Crippen LogP contribution in [-0.2, 0) is 16.3 Å². The quantitative estimate of drug-likeness (QED) is 0.909. The first-order valence-electron chi connectivity index (χ1n) is 5.17. The Balaban J connectivity index is 2.25. The van der Waals surface area contributed by atoms with E-state index in [1.54, 1.807) is 18.2 Å². The molecule has 1 N–H and O–H groups in total. The monoisotopic (exact) mass is 294 g/mol. The van der Waals surface area contributed by atoms with Crippen LogP contribution in [-0.4, -0.2) is 30.6 Å². The van der Waals surface area contributed by atoms with Crippen LogP contribution in [0, 0.1) is 0 Å². The van der Waals surface area contributed by atoms with E-state index in [2.05, 4.69) is 0 Å². The van der Waals surface area contributed by atoms with Crippen molar-refractivity contribution in [3.8, 4) is 0 Å². The number of aliphatic hydroxyl groups is 1. The molecule has 0 radical (unpaired) electrons. The largest absolute Gasteiger partial charge is 0.388 e. The fourth-order valence-electron chi connectivity index (χ4n) is 2.08. The standard InChI is InChI=1S/C11H12Cl2O3S/c12-9-3-1-2-8(10(9)13)6-11(14)4-5-17(15,16)7-11/h1-3,14H,4-7H2. The van der Waals surface area contributed by atoms with Gasteiger partial charge in [-0.25, -0.2) is 8.42 Å². The lowest BCUT2D eigenvalue weighted by Gasteiger charge is -2.21. The molecule has 1 heterocycles. The molecule has 1 saturated heterocycles. The van der Waals surface area contributed by atoms with Crippen LogP contribution in [0.15, 0.2) is 18.2 Å². The summed E-state index contributed by atoms with van der Waals surface area (Å²) in [6.45, 7) is 0. The fourth-order valence-corrected chi connectivity index (χ4v) is 4.37. The molecule has 94 valence electrons. The first kappa shape index (κ1) is 13.1. The average Bonchev–Trinajstić information content (AvgIpc) is 2.49. The molecule has 0 aliphatic carbocycles. The predicted octanol–water partition coefficient (Wildman–Crippen LogP) is 2.09. The summed E-state index contributed by atoms with van der Waals surface area (Å²) in [5.41, 5.74) is -0.536. The second-order valence-corrected chi connectivity index (χ2v) is 7.43. The smallest absolute Gasteiger partial charge is 0.153 e. The summed E-state index contributed by atoms with van der Waals surface area (Å²) in [5.74, 6) is -0.176. The van der Waals surface area contributed by atoms with E-state index in [0.29, 0.717) is 15.6 Å². The molecule has 0 amide bonds. The minimum Gasteiger partial charge on any atom is -0.388 e. The molecule has 0 aromatic heterocycles. The average molecular weight is 295 g/mol. The van der Waals surface area contributed by atoms with Crippen molar-refractivity contribution in [3.05, 3.63) is 33.8 Å². The number of halogens is 2. The molecule has 0 saturated carbocycles. The molecule has 1 atom stereocenters. The van der Waals surface area contributed by atoms with Gasteiger partial charge in [0, 0.05) is 6.42 Å². The molecule has 3 nitrogen and oxygen atoms in total. The lowest BCUT2D eigenvalue weighted by atomic mass is 9.94. The molecule has 0 spiro atoms. The van der Waals surface area contributed by atoms with Crippen LogP contribution in [0.5, 0.6) is 0 Å². The van der Waals surface area contributed by atoms with Crippen molar-refractivity contribution in [2.24, 2.45) is 0 Å². The molecule has 17 heavy (non-hydrogen) atoms. The number of sulfone groups is 1. The first-order valence-corrected chi connectivity index (χ1v) is 7.75. The molecule has 1 aliphatic rings. The Morgan fingerprint density at radius 3 is 2.65 bits per heavy atom. The molecule has 1 aromatic rings. The van der Waals surface area contributed by atoms with Crippen LogP contribution in [0.2, 0.25) is 10.0 Å². The Kier molecular flexibility index (Phi) is 3.42. The maximum Gasteiger partial charge on any atom is 0.153 e. The highest BCUT2D eigenvalue weighted by Crippen LogP contribution is 2.32. The molecule has 0 bridgehead atoms. The van der Waals surface area contributed by atoms with Gasteiger partial charge in [-0.2, -0.15) is 0 Å². The summed E-state index contributed by atoms with van der Waals surface area (Å²) in [6, 6.07) is 5.14. The van der Waals surface area contributed by atoms with Crippen LogP contribution in [0.25, 0.3) is 0 Å². The highest BCUT2D eigenvalue weighted by atomic mass is 35.5. The normalized spacial score (nSPS) is 27.2. The van der Waals surface area contributed by atoms with E-state index in [1.807, 2.05) is 0 Å². The van der Waals surface area contributed by atoms with Crippen molar-refractivity contribution in [2.45, 2.75) is 18.4 Å². The van der Waals surface area contributed by atoms with Crippen LogP contribution in [0.1, 0.15) is 12.0 Å². The van der Waals surface area contributed by atoms with E-state index >= 15 is 0 Å². The van der Waals surface area contributed by atoms with Crippen molar-refractivity contribution in [1.29, 1.82) is 0 Å². The Morgan fingerprint density at radius 2 is 2.06 bits per heavy atom. The van der Waals surface area contributed by atoms with Gasteiger partial charge in [0.1, 0.15) is 0 Å². The second-order valence-electron chi connectivity index (χ2n) is 4.46. The van der Waals surface area contributed by atoms with Gasteiger partial charge in [0.15, 0.2) is 9.84 Å². The van der Waals surface area contributed by atoms with Crippen molar-refractivity contribution in [1.82, 2.24) is 0 Å². The summed E-state index contributed by atoms with van der Waals surface area (Å²) in [6.07, 6.45) is 0.462. The number of hydrogen-bond donors (Lipinski definition) is 1. The number of rotatable bonds is 2. The number of hydrogen-bond acceptors (Lipinski definition) is 3. The molecule has 6 heteroatoms. The summed E-state index contributed by atoms with van der Waals surface area (Å²) >= 11 is 11.9. The van der Waals surface area contributed by atoms with Crippen molar-refractivity contribution in [3.63, 3.8) is 0 Å². The predicted molar refractivity (Wildman–Crippen MR) is 68.4 cm³/mol. The Labute approximate surface area is 110 Å². The van der Waals surface area contributed by atoms with E-state index in [1.165, 1.54) is 0 Å². The van der Waals surface area contributed by atoms with Crippen LogP contribution >= 0.6 is 23.2 Å². The third-order valence-electron chi connectivity index (χ3n) is 2.92. The zero-order valence-electron chi connectivity index (χ0n) is 8.99. The van der Waals surface area contributed by atoms with Gasteiger partial charge in [-0.05, 0) is 18.1 Å². The van der Waals surface area contributed by atoms with Crippen LogP contribution in [0.3, 0.4) is 0 Å². The van der Waals surface area contributed by atoms with Crippen molar-refractivity contribution in [2.75, 3.05) is 11.5 Å². The third kappa shape index (κ3) is 2.94. The van der Waals surface area contributed by atoms with Gasteiger partial charge >= 0.3 is 0 Å². The van der Waals surface area contributed by atoms with Crippen molar-refractivity contribution < 1.29 is 13.5 Å². The molecular formula is C11H12Cl2O3S. The maximum atomic E-state index is 11.4. The van der Waals surface area contributed by atoms with E-state index in [4.69, 9.17) is 23.2 Å². The topological polar surface area (TPSA) is 54.4 Å². The summed E-state index contributed by atoms with van der Waals surface area (Å²) < 4.78 is 22.7. The molecule has 1 unspecified atom stereocenters. The highest BCUT2D eigenvalue weighted by molar-refractivity contribution is 7.91. The minimum atomic E-state index is -3.12. The second kappa shape index (κ2) is 4.43. The van der Waals surface area contributed by atoms with E-state index in [9.17, 15) is 13.5 Å². The Morgan fingerprint density at radius 1 is 1.35 bits per heavy atom. The van der Waals surface area contributed by atoms with Gasteiger partial charge in [0.2, 0.25) is 0 Å².